The Labute approximate surface area is 76.2 Å². The molecule has 1 N–H and O–H groups in total. The minimum atomic E-state index is -0.250. The zero-order chi connectivity index (χ0) is 9.68. The third-order valence-corrected chi connectivity index (χ3v) is 1.46. The molecule has 0 spiro atoms. The summed E-state index contributed by atoms with van der Waals surface area (Å²) >= 11 is 0. The highest BCUT2D eigenvalue weighted by molar-refractivity contribution is 5.92. The second-order valence-electron chi connectivity index (χ2n) is 2.40. The van der Waals surface area contributed by atoms with Crippen molar-refractivity contribution in [1.82, 2.24) is 10.3 Å². The molecule has 0 bridgehead atoms. The molecule has 0 unspecified atom stereocenters. The van der Waals surface area contributed by atoms with Crippen molar-refractivity contribution in [3.05, 3.63) is 29.6 Å². The molecule has 0 atom stereocenters. The summed E-state index contributed by atoms with van der Waals surface area (Å²) in [5, 5.41) is 11.2. The standard InChI is InChI=1S/C9H9N3O/c1-2-11-9(13)8-5-7(6-10)3-4-12-8/h3-5H,2H2,1H3,(H,11,13). The summed E-state index contributed by atoms with van der Waals surface area (Å²) in [6, 6.07) is 4.97. The number of hydrogen-bond donors (Lipinski definition) is 1. The van der Waals surface area contributed by atoms with Gasteiger partial charge in [-0.1, -0.05) is 0 Å². The van der Waals surface area contributed by atoms with Gasteiger partial charge >= 0.3 is 0 Å². The highest BCUT2D eigenvalue weighted by atomic mass is 16.1. The summed E-state index contributed by atoms with van der Waals surface area (Å²) < 4.78 is 0. The molecule has 66 valence electrons. The Balaban J connectivity index is 2.90. The monoisotopic (exact) mass is 175 g/mol. The lowest BCUT2D eigenvalue weighted by molar-refractivity contribution is 0.0951. The van der Waals surface area contributed by atoms with E-state index in [2.05, 4.69) is 10.3 Å². The summed E-state index contributed by atoms with van der Waals surface area (Å²) in [6.07, 6.45) is 1.45. The molecule has 0 aliphatic heterocycles. The number of rotatable bonds is 2. The number of nitrogens with one attached hydrogen (secondary N) is 1. The lowest BCUT2D eigenvalue weighted by Crippen LogP contribution is -2.23. The highest BCUT2D eigenvalue weighted by Crippen LogP contribution is 1.99. The molecule has 0 radical (unpaired) electrons. The molecule has 4 nitrogen and oxygen atoms in total. The van der Waals surface area contributed by atoms with Crippen molar-refractivity contribution in [2.24, 2.45) is 0 Å². The zero-order valence-electron chi connectivity index (χ0n) is 7.24. The second kappa shape index (κ2) is 4.21. The molecule has 1 rings (SSSR count). The first-order chi connectivity index (χ1) is 6.27. The number of nitrogens with zero attached hydrogens (tertiary/aromatic N) is 2. The van der Waals surface area contributed by atoms with Crippen LogP contribution in [-0.4, -0.2) is 17.4 Å². The minimum absolute atomic E-state index is 0.250. The molecule has 0 aromatic carbocycles. The van der Waals surface area contributed by atoms with Crippen LogP contribution in [0.3, 0.4) is 0 Å². The summed E-state index contributed by atoms with van der Waals surface area (Å²) in [6.45, 7) is 2.38. The van der Waals surface area contributed by atoms with Gasteiger partial charge in [0.25, 0.3) is 5.91 Å². The average Bonchev–Trinajstić information content (AvgIpc) is 2.18. The Morgan fingerprint density at radius 1 is 1.77 bits per heavy atom. The van der Waals surface area contributed by atoms with Gasteiger partial charge in [-0.25, -0.2) is 0 Å². The van der Waals surface area contributed by atoms with Gasteiger partial charge in [0, 0.05) is 12.7 Å². The Hall–Kier alpha value is -1.89. The SMILES string of the molecule is CCNC(=O)c1cc(C#N)ccn1. The molecule has 1 aromatic rings. The minimum Gasteiger partial charge on any atom is -0.351 e. The Bertz CT molecular complexity index is 354. The normalized spacial score (nSPS) is 8.92. The van der Waals surface area contributed by atoms with Gasteiger partial charge in [0.05, 0.1) is 11.6 Å². The maximum atomic E-state index is 11.2. The fourth-order valence-corrected chi connectivity index (χ4v) is 0.875. The van der Waals surface area contributed by atoms with Crippen molar-refractivity contribution in [3.8, 4) is 6.07 Å². The molecular weight excluding hydrogens is 166 g/mol. The van der Waals surface area contributed by atoms with Crippen LogP contribution in [0.2, 0.25) is 0 Å². The van der Waals surface area contributed by atoms with Gasteiger partial charge in [-0.05, 0) is 19.1 Å². The van der Waals surface area contributed by atoms with Crippen molar-refractivity contribution in [2.75, 3.05) is 6.54 Å². The van der Waals surface area contributed by atoms with Crippen molar-refractivity contribution in [1.29, 1.82) is 5.26 Å². The molecule has 13 heavy (non-hydrogen) atoms. The number of carbonyl (C=O) groups excluding carboxylic acids is 1. The van der Waals surface area contributed by atoms with Crippen LogP contribution in [0.1, 0.15) is 23.0 Å². The smallest absolute Gasteiger partial charge is 0.269 e. The van der Waals surface area contributed by atoms with Crippen LogP contribution in [0.15, 0.2) is 18.3 Å². The molecule has 0 fully saturated rings. The molecule has 1 heterocycles. The summed E-state index contributed by atoms with van der Waals surface area (Å²) in [5.74, 6) is -0.250. The van der Waals surface area contributed by atoms with E-state index in [9.17, 15) is 4.79 Å². The van der Waals surface area contributed by atoms with Crippen LogP contribution in [0.5, 0.6) is 0 Å². The third kappa shape index (κ3) is 2.27. The van der Waals surface area contributed by atoms with Gasteiger partial charge in [0.2, 0.25) is 0 Å². The first-order valence-corrected chi connectivity index (χ1v) is 3.92. The Morgan fingerprint density at radius 3 is 3.15 bits per heavy atom. The third-order valence-electron chi connectivity index (χ3n) is 1.46. The molecular formula is C9H9N3O. The predicted molar refractivity (Wildman–Crippen MR) is 47.0 cm³/mol. The van der Waals surface area contributed by atoms with Crippen LogP contribution in [-0.2, 0) is 0 Å². The number of hydrogen-bond acceptors (Lipinski definition) is 3. The zero-order valence-corrected chi connectivity index (χ0v) is 7.24. The largest absolute Gasteiger partial charge is 0.351 e. The molecule has 1 aromatic heterocycles. The second-order valence-corrected chi connectivity index (χ2v) is 2.40. The first kappa shape index (κ1) is 9.20. The number of pyridine rings is 1. The van der Waals surface area contributed by atoms with Gasteiger partial charge in [0.15, 0.2) is 0 Å². The lowest BCUT2D eigenvalue weighted by Gasteiger charge is -2.00. The van der Waals surface area contributed by atoms with Gasteiger partial charge < -0.3 is 5.32 Å². The van der Waals surface area contributed by atoms with E-state index in [1.807, 2.05) is 13.0 Å². The molecule has 0 aliphatic carbocycles. The number of nitriles is 1. The summed E-state index contributed by atoms with van der Waals surface area (Å²) in [4.78, 5) is 15.1. The number of aromatic nitrogens is 1. The topological polar surface area (TPSA) is 65.8 Å². The van der Waals surface area contributed by atoms with Gasteiger partial charge in [0.1, 0.15) is 5.69 Å². The van der Waals surface area contributed by atoms with Gasteiger partial charge in [-0.2, -0.15) is 5.26 Å². The fraction of sp³-hybridized carbons (Fsp3) is 0.222. The van der Waals surface area contributed by atoms with E-state index in [-0.39, 0.29) is 11.6 Å². The van der Waals surface area contributed by atoms with Crippen molar-refractivity contribution >= 4 is 5.91 Å². The maximum absolute atomic E-state index is 11.2. The van der Waals surface area contributed by atoms with E-state index in [0.717, 1.165) is 0 Å². The number of carbonyl (C=O) groups is 1. The quantitative estimate of drug-likeness (QED) is 0.719. The number of amides is 1. The Kier molecular flexibility index (Phi) is 2.98. The van der Waals surface area contributed by atoms with E-state index in [1.165, 1.54) is 12.3 Å². The molecule has 0 aliphatic rings. The Morgan fingerprint density at radius 2 is 2.54 bits per heavy atom. The fourth-order valence-electron chi connectivity index (χ4n) is 0.875. The van der Waals surface area contributed by atoms with E-state index in [4.69, 9.17) is 5.26 Å². The van der Waals surface area contributed by atoms with Crippen molar-refractivity contribution in [3.63, 3.8) is 0 Å². The first-order valence-electron chi connectivity index (χ1n) is 3.92. The van der Waals surface area contributed by atoms with E-state index in [1.54, 1.807) is 6.07 Å². The van der Waals surface area contributed by atoms with E-state index in [0.29, 0.717) is 12.1 Å². The predicted octanol–water partition coefficient (Wildman–Crippen LogP) is 0.703. The highest BCUT2D eigenvalue weighted by Gasteiger charge is 2.05. The summed E-state index contributed by atoms with van der Waals surface area (Å²) in [7, 11) is 0. The van der Waals surface area contributed by atoms with Gasteiger partial charge in [-0.15, -0.1) is 0 Å². The van der Waals surface area contributed by atoms with Crippen molar-refractivity contribution in [2.45, 2.75) is 6.92 Å². The average molecular weight is 175 g/mol. The van der Waals surface area contributed by atoms with Crippen LogP contribution in [0.25, 0.3) is 0 Å². The lowest BCUT2D eigenvalue weighted by atomic mass is 10.2. The molecule has 0 saturated heterocycles. The molecule has 4 heteroatoms. The van der Waals surface area contributed by atoms with Crippen LogP contribution >= 0.6 is 0 Å². The van der Waals surface area contributed by atoms with E-state index >= 15 is 0 Å². The van der Waals surface area contributed by atoms with Crippen LogP contribution in [0, 0.1) is 11.3 Å². The van der Waals surface area contributed by atoms with Gasteiger partial charge in [-0.3, -0.25) is 9.78 Å². The molecule has 1 amide bonds. The van der Waals surface area contributed by atoms with Crippen LogP contribution < -0.4 is 5.32 Å². The summed E-state index contributed by atoms with van der Waals surface area (Å²) in [5.41, 5.74) is 0.720. The van der Waals surface area contributed by atoms with Crippen LogP contribution in [0.4, 0.5) is 0 Å². The molecule has 0 saturated carbocycles. The van der Waals surface area contributed by atoms with Crippen molar-refractivity contribution < 1.29 is 4.79 Å². The maximum Gasteiger partial charge on any atom is 0.269 e. The van der Waals surface area contributed by atoms with E-state index < -0.39 is 0 Å².